The Labute approximate surface area is 217 Å². The fourth-order valence-corrected chi connectivity index (χ4v) is 5.38. The Hall–Kier alpha value is -3.10. The Balaban J connectivity index is 1.56. The van der Waals surface area contributed by atoms with Crippen molar-refractivity contribution in [2.24, 2.45) is 4.99 Å². The van der Waals surface area contributed by atoms with Crippen LogP contribution in [0.3, 0.4) is 0 Å². The Bertz CT molecular complexity index is 1410. The molecule has 0 N–H and O–H groups in total. The number of amides is 1. The molecule has 1 fully saturated rings. The molecule has 0 spiro atoms. The number of aliphatic imine (C=N–C) groups is 1. The number of para-hydroxylation sites is 2. The number of aryl methyl sites for hydroxylation is 1. The molecule has 1 aromatic heterocycles. The van der Waals surface area contributed by atoms with E-state index in [4.69, 9.17) is 4.99 Å². The minimum Gasteiger partial charge on any atom is -0.318 e. The molecule has 0 bridgehead atoms. The van der Waals surface area contributed by atoms with Gasteiger partial charge in [0.15, 0.2) is 5.17 Å². The Kier molecular flexibility index (Phi) is 6.43. The molecule has 34 heavy (non-hydrogen) atoms. The second kappa shape index (κ2) is 9.64. The van der Waals surface area contributed by atoms with Gasteiger partial charge in [-0.2, -0.15) is 0 Å². The number of carbonyl (C=O) groups is 1. The van der Waals surface area contributed by atoms with Crippen molar-refractivity contribution in [1.82, 2.24) is 4.57 Å². The maximum atomic E-state index is 13.6. The standard InChI is InChI=1S/C28H22IN3OS/c1-19-17-21(20(2)31(19)25-15-13-22(29)14-16-25)18-26-27(33)32(24-11-7-4-8-12-24)28(34-26)30-23-9-5-3-6-10-23/h3-18H,1-2H3/b26-18-,30-28?. The molecule has 2 heterocycles. The van der Waals surface area contributed by atoms with Crippen molar-refractivity contribution in [2.45, 2.75) is 13.8 Å². The third-order valence-electron chi connectivity index (χ3n) is 5.64. The van der Waals surface area contributed by atoms with Crippen molar-refractivity contribution in [3.05, 3.63) is 116 Å². The lowest BCUT2D eigenvalue weighted by Crippen LogP contribution is -2.28. The van der Waals surface area contributed by atoms with Crippen molar-refractivity contribution in [1.29, 1.82) is 0 Å². The van der Waals surface area contributed by atoms with Gasteiger partial charge in [-0.3, -0.25) is 9.69 Å². The molecule has 0 unspecified atom stereocenters. The summed E-state index contributed by atoms with van der Waals surface area (Å²) in [5, 5.41) is 0.653. The van der Waals surface area contributed by atoms with E-state index in [1.807, 2.05) is 66.7 Å². The number of hydrogen-bond acceptors (Lipinski definition) is 3. The van der Waals surface area contributed by atoms with Crippen LogP contribution in [0, 0.1) is 17.4 Å². The van der Waals surface area contributed by atoms with Crippen LogP contribution in [0.25, 0.3) is 11.8 Å². The second-order valence-corrected chi connectivity index (χ2v) is 10.2. The van der Waals surface area contributed by atoms with Crippen LogP contribution in [0.5, 0.6) is 0 Å². The van der Waals surface area contributed by atoms with E-state index in [0.29, 0.717) is 10.1 Å². The number of carbonyl (C=O) groups excluding carboxylic acids is 1. The summed E-state index contributed by atoms with van der Waals surface area (Å²) in [7, 11) is 0. The minimum atomic E-state index is -0.0649. The normalized spacial score (nSPS) is 16.1. The zero-order valence-electron chi connectivity index (χ0n) is 18.8. The highest BCUT2D eigenvalue weighted by Gasteiger charge is 2.35. The first kappa shape index (κ1) is 22.7. The molecular weight excluding hydrogens is 553 g/mol. The number of amidine groups is 1. The van der Waals surface area contributed by atoms with Gasteiger partial charge in [0, 0.05) is 20.6 Å². The highest BCUT2D eigenvalue weighted by molar-refractivity contribution is 14.1. The van der Waals surface area contributed by atoms with Crippen molar-refractivity contribution in [2.75, 3.05) is 4.90 Å². The lowest BCUT2D eigenvalue weighted by atomic mass is 10.2. The van der Waals surface area contributed by atoms with Crippen LogP contribution in [0.2, 0.25) is 0 Å². The van der Waals surface area contributed by atoms with Gasteiger partial charge in [-0.15, -0.1) is 0 Å². The molecule has 1 aliphatic heterocycles. The zero-order chi connectivity index (χ0) is 23.7. The molecule has 0 atom stereocenters. The molecule has 1 amide bonds. The predicted octanol–water partition coefficient (Wildman–Crippen LogP) is 7.51. The summed E-state index contributed by atoms with van der Waals surface area (Å²) in [6.45, 7) is 4.19. The third kappa shape index (κ3) is 4.48. The van der Waals surface area contributed by atoms with E-state index in [2.05, 4.69) is 71.3 Å². The summed E-state index contributed by atoms with van der Waals surface area (Å²) < 4.78 is 3.42. The predicted molar refractivity (Wildman–Crippen MR) is 151 cm³/mol. The lowest BCUT2D eigenvalue weighted by molar-refractivity contribution is -0.113. The van der Waals surface area contributed by atoms with Gasteiger partial charge in [-0.1, -0.05) is 36.4 Å². The van der Waals surface area contributed by atoms with Gasteiger partial charge in [-0.05, 0) is 114 Å². The third-order valence-corrected chi connectivity index (χ3v) is 7.33. The average Bonchev–Trinajstić information content (AvgIpc) is 3.30. The molecule has 1 aliphatic rings. The largest absolute Gasteiger partial charge is 0.318 e. The minimum absolute atomic E-state index is 0.0649. The SMILES string of the molecule is Cc1cc(/C=C2\SC(=Nc3ccccc3)N(c3ccccc3)C2=O)c(C)n1-c1ccc(I)cc1. The van der Waals surface area contributed by atoms with E-state index >= 15 is 0 Å². The van der Waals surface area contributed by atoms with E-state index < -0.39 is 0 Å². The first-order valence-corrected chi connectivity index (χ1v) is 12.8. The summed E-state index contributed by atoms with van der Waals surface area (Å²) >= 11 is 3.73. The number of thioether (sulfide) groups is 1. The number of benzene rings is 3. The summed E-state index contributed by atoms with van der Waals surface area (Å²) in [6.07, 6.45) is 1.99. The van der Waals surface area contributed by atoms with Crippen LogP contribution >= 0.6 is 34.4 Å². The van der Waals surface area contributed by atoms with Gasteiger partial charge in [0.1, 0.15) is 0 Å². The van der Waals surface area contributed by atoms with Crippen molar-refractivity contribution in [3.63, 3.8) is 0 Å². The summed E-state index contributed by atoms with van der Waals surface area (Å²) in [5.74, 6) is -0.0649. The maximum absolute atomic E-state index is 13.6. The van der Waals surface area contributed by atoms with Crippen LogP contribution in [0.15, 0.2) is 101 Å². The fraction of sp³-hybridized carbons (Fsp3) is 0.0714. The van der Waals surface area contributed by atoms with Crippen molar-refractivity contribution >= 4 is 62.9 Å². The van der Waals surface area contributed by atoms with E-state index in [0.717, 1.165) is 34.0 Å². The van der Waals surface area contributed by atoms with Gasteiger partial charge < -0.3 is 4.57 Å². The highest BCUT2D eigenvalue weighted by Crippen LogP contribution is 2.38. The Morgan fingerprint density at radius 3 is 2.18 bits per heavy atom. The Morgan fingerprint density at radius 1 is 0.853 bits per heavy atom. The molecule has 6 heteroatoms. The van der Waals surface area contributed by atoms with Gasteiger partial charge in [0.25, 0.3) is 5.91 Å². The maximum Gasteiger partial charge on any atom is 0.271 e. The van der Waals surface area contributed by atoms with Gasteiger partial charge in [0.05, 0.1) is 16.3 Å². The summed E-state index contributed by atoms with van der Waals surface area (Å²) in [6, 6.07) is 30.0. The van der Waals surface area contributed by atoms with Crippen LogP contribution in [0.1, 0.15) is 17.0 Å². The highest BCUT2D eigenvalue weighted by atomic mass is 127. The molecule has 168 valence electrons. The molecule has 1 saturated heterocycles. The van der Waals surface area contributed by atoms with Gasteiger partial charge >= 0.3 is 0 Å². The zero-order valence-corrected chi connectivity index (χ0v) is 21.7. The quantitative estimate of drug-likeness (QED) is 0.187. The van der Waals surface area contributed by atoms with E-state index in [-0.39, 0.29) is 5.91 Å². The number of rotatable bonds is 4. The molecule has 4 nitrogen and oxygen atoms in total. The monoisotopic (exact) mass is 575 g/mol. The number of hydrogen-bond donors (Lipinski definition) is 0. The average molecular weight is 575 g/mol. The van der Waals surface area contributed by atoms with Crippen molar-refractivity contribution in [3.8, 4) is 5.69 Å². The Morgan fingerprint density at radius 2 is 1.50 bits per heavy atom. The van der Waals surface area contributed by atoms with Crippen molar-refractivity contribution < 1.29 is 4.79 Å². The first-order chi connectivity index (χ1) is 16.5. The molecule has 4 aromatic rings. The van der Waals surface area contributed by atoms with E-state index in [1.165, 1.54) is 15.3 Å². The van der Waals surface area contributed by atoms with E-state index in [9.17, 15) is 4.79 Å². The number of anilines is 1. The van der Waals surface area contributed by atoms with Crippen LogP contribution in [-0.4, -0.2) is 15.6 Å². The van der Waals surface area contributed by atoms with Gasteiger partial charge in [-0.25, -0.2) is 4.99 Å². The van der Waals surface area contributed by atoms with Crippen LogP contribution in [0.4, 0.5) is 11.4 Å². The number of halogens is 1. The molecular formula is C28H22IN3OS. The van der Waals surface area contributed by atoms with E-state index in [1.54, 1.807) is 4.90 Å². The molecule has 0 aliphatic carbocycles. The second-order valence-electron chi connectivity index (χ2n) is 7.95. The molecule has 0 radical (unpaired) electrons. The first-order valence-electron chi connectivity index (χ1n) is 10.9. The summed E-state index contributed by atoms with van der Waals surface area (Å²) in [4.78, 5) is 20.7. The topological polar surface area (TPSA) is 37.6 Å². The van der Waals surface area contributed by atoms with Crippen LogP contribution in [-0.2, 0) is 4.79 Å². The fourth-order valence-electron chi connectivity index (χ4n) is 4.03. The lowest BCUT2D eigenvalue weighted by Gasteiger charge is -2.15. The molecule has 0 saturated carbocycles. The smallest absolute Gasteiger partial charge is 0.271 e. The van der Waals surface area contributed by atoms with Gasteiger partial charge in [0.2, 0.25) is 0 Å². The number of aromatic nitrogens is 1. The molecule has 5 rings (SSSR count). The number of nitrogens with zero attached hydrogens (tertiary/aromatic N) is 3. The van der Waals surface area contributed by atoms with Crippen LogP contribution < -0.4 is 4.90 Å². The molecule has 3 aromatic carbocycles. The summed E-state index contributed by atoms with van der Waals surface area (Å²) in [5.41, 5.74) is 5.99.